The van der Waals surface area contributed by atoms with E-state index in [0.29, 0.717) is 11.7 Å². The molecule has 3 N–H and O–H groups in total. The minimum absolute atomic E-state index is 0.0763. The fourth-order valence-electron chi connectivity index (χ4n) is 2.24. The maximum atomic E-state index is 12.3. The summed E-state index contributed by atoms with van der Waals surface area (Å²) in [7, 11) is 0. The molecule has 0 saturated heterocycles. The zero-order chi connectivity index (χ0) is 18.4. The van der Waals surface area contributed by atoms with Crippen molar-refractivity contribution in [3.05, 3.63) is 66.0 Å². The quantitative estimate of drug-likeness (QED) is 0.553. The van der Waals surface area contributed by atoms with E-state index in [4.69, 9.17) is 0 Å². The Morgan fingerprint density at radius 2 is 1.85 bits per heavy atom. The molecule has 0 aliphatic carbocycles. The van der Waals surface area contributed by atoms with Crippen LogP contribution in [-0.2, 0) is 11.3 Å². The second-order valence-corrected chi connectivity index (χ2v) is 7.21. The highest BCUT2D eigenvalue weighted by atomic mass is 32.2. The molecule has 3 rings (SSSR count). The van der Waals surface area contributed by atoms with Crippen molar-refractivity contribution in [3.63, 3.8) is 0 Å². The molecule has 1 heterocycles. The summed E-state index contributed by atoms with van der Waals surface area (Å²) >= 11 is 1.32. The molecule has 0 fully saturated rings. The van der Waals surface area contributed by atoms with Crippen LogP contribution in [0, 0.1) is 6.92 Å². The van der Waals surface area contributed by atoms with Crippen LogP contribution in [0.15, 0.2) is 59.8 Å². The molecule has 0 aliphatic rings. The summed E-state index contributed by atoms with van der Waals surface area (Å²) < 4.78 is 0. The van der Waals surface area contributed by atoms with Crippen molar-refractivity contribution in [2.75, 3.05) is 10.6 Å². The molecule has 134 valence electrons. The van der Waals surface area contributed by atoms with E-state index in [1.807, 2.05) is 68.4 Å². The Labute approximate surface area is 156 Å². The molecule has 1 amide bonds. The van der Waals surface area contributed by atoms with Gasteiger partial charge in [-0.15, -0.1) is 5.10 Å². The number of H-pyrrole nitrogens is 1. The monoisotopic (exact) mass is 367 g/mol. The van der Waals surface area contributed by atoms with E-state index in [2.05, 4.69) is 25.8 Å². The average Bonchev–Trinajstić information content (AvgIpc) is 3.10. The topological polar surface area (TPSA) is 82.7 Å². The first-order valence-electron chi connectivity index (χ1n) is 8.34. The van der Waals surface area contributed by atoms with E-state index in [1.54, 1.807) is 0 Å². The number of aryl methyl sites for hydroxylation is 1. The highest BCUT2D eigenvalue weighted by Gasteiger charge is 2.17. The van der Waals surface area contributed by atoms with Crippen molar-refractivity contribution in [1.29, 1.82) is 0 Å². The number of carbonyl (C=O) groups is 1. The zero-order valence-corrected chi connectivity index (χ0v) is 15.5. The van der Waals surface area contributed by atoms with Gasteiger partial charge in [-0.3, -0.25) is 9.89 Å². The van der Waals surface area contributed by atoms with Gasteiger partial charge in [0, 0.05) is 11.4 Å². The van der Waals surface area contributed by atoms with Crippen molar-refractivity contribution in [1.82, 2.24) is 15.2 Å². The number of anilines is 2. The van der Waals surface area contributed by atoms with Gasteiger partial charge in [-0.05, 0) is 38.1 Å². The van der Waals surface area contributed by atoms with Crippen molar-refractivity contribution >= 4 is 29.0 Å². The molecule has 3 aromatic rings. The number of para-hydroxylation sites is 1. The van der Waals surface area contributed by atoms with E-state index < -0.39 is 0 Å². The first-order chi connectivity index (χ1) is 12.6. The minimum Gasteiger partial charge on any atom is -0.378 e. The third kappa shape index (κ3) is 5.10. The van der Waals surface area contributed by atoms with Gasteiger partial charge < -0.3 is 10.6 Å². The molecule has 6 nitrogen and oxygen atoms in total. The second kappa shape index (κ2) is 8.53. The summed E-state index contributed by atoms with van der Waals surface area (Å²) in [5.41, 5.74) is 2.96. The minimum atomic E-state index is -0.304. The van der Waals surface area contributed by atoms with Gasteiger partial charge in [0.15, 0.2) is 0 Å². The molecule has 26 heavy (non-hydrogen) atoms. The predicted molar refractivity (Wildman–Crippen MR) is 105 cm³/mol. The Balaban J connectivity index is 1.51. The smallest absolute Gasteiger partial charge is 0.237 e. The standard InChI is InChI=1S/C19H21N5OS/c1-13-8-10-16(11-9-13)21-18(25)14(2)26-19-22-17(23-24-19)12-20-15-6-4-3-5-7-15/h3-11,14,20H,12H2,1-2H3,(H,21,25)(H,22,23,24)/t14-/m0/s1. The van der Waals surface area contributed by atoms with Gasteiger partial charge in [-0.25, -0.2) is 4.98 Å². The van der Waals surface area contributed by atoms with Gasteiger partial charge in [0.1, 0.15) is 5.82 Å². The Hall–Kier alpha value is -2.80. The fraction of sp³-hybridized carbons (Fsp3) is 0.211. The Bertz CT molecular complexity index is 848. The van der Waals surface area contributed by atoms with Crippen molar-refractivity contribution in [2.45, 2.75) is 30.8 Å². The first-order valence-corrected chi connectivity index (χ1v) is 9.22. The largest absolute Gasteiger partial charge is 0.378 e. The number of benzene rings is 2. The lowest BCUT2D eigenvalue weighted by Crippen LogP contribution is -2.22. The van der Waals surface area contributed by atoms with Gasteiger partial charge in [0.2, 0.25) is 11.1 Å². The average molecular weight is 367 g/mol. The SMILES string of the molecule is Cc1ccc(NC(=O)[C@H](C)Sc2n[nH]c(CNc3ccccc3)n2)cc1. The molecule has 0 saturated carbocycles. The number of aromatic amines is 1. The number of nitrogens with zero attached hydrogens (tertiary/aromatic N) is 2. The highest BCUT2D eigenvalue weighted by Crippen LogP contribution is 2.21. The molecule has 0 bridgehead atoms. The summed E-state index contributed by atoms with van der Waals surface area (Å²) in [6.07, 6.45) is 0. The van der Waals surface area contributed by atoms with Crippen molar-refractivity contribution in [2.24, 2.45) is 0 Å². The third-order valence-electron chi connectivity index (χ3n) is 3.72. The van der Waals surface area contributed by atoms with Gasteiger partial charge in [0.05, 0.1) is 11.8 Å². The van der Waals surface area contributed by atoms with Crippen LogP contribution < -0.4 is 10.6 Å². The highest BCUT2D eigenvalue weighted by molar-refractivity contribution is 8.00. The molecule has 0 aliphatic heterocycles. The Kier molecular flexibility index (Phi) is 5.91. The van der Waals surface area contributed by atoms with Crippen LogP contribution in [0.4, 0.5) is 11.4 Å². The molecule has 0 radical (unpaired) electrons. The maximum absolute atomic E-state index is 12.3. The van der Waals surface area contributed by atoms with E-state index in [-0.39, 0.29) is 11.2 Å². The number of aromatic nitrogens is 3. The second-order valence-electron chi connectivity index (χ2n) is 5.90. The third-order valence-corrected chi connectivity index (χ3v) is 4.68. The van der Waals surface area contributed by atoms with Crippen LogP contribution >= 0.6 is 11.8 Å². The molecule has 1 atom stereocenters. The summed E-state index contributed by atoms with van der Waals surface area (Å²) in [5, 5.41) is 13.5. The summed E-state index contributed by atoms with van der Waals surface area (Å²) in [6, 6.07) is 17.6. The van der Waals surface area contributed by atoms with Gasteiger partial charge in [-0.2, -0.15) is 0 Å². The Morgan fingerprint density at radius 3 is 2.58 bits per heavy atom. The van der Waals surface area contributed by atoms with Gasteiger partial charge in [0.25, 0.3) is 0 Å². The Morgan fingerprint density at radius 1 is 1.12 bits per heavy atom. The lowest BCUT2D eigenvalue weighted by Gasteiger charge is -2.10. The van der Waals surface area contributed by atoms with Crippen molar-refractivity contribution < 1.29 is 4.79 Å². The molecule has 1 aromatic heterocycles. The number of rotatable bonds is 7. The number of nitrogens with one attached hydrogen (secondary N) is 3. The molecule has 7 heteroatoms. The van der Waals surface area contributed by atoms with Crippen LogP contribution in [0.1, 0.15) is 18.3 Å². The summed E-state index contributed by atoms with van der Waals surface area (Å²) in [6.45, 7) is 4.39. The van der Waals surface area contributed by atoms with E-state index in [9.17, 15) is 4.79 Å². The van der Waals surface area contributed by atoms with Crippen LogP contribution in [-0.4, -0.2) is 26.3 Å². The van der Waals surface area contributed by atoms with E-state index in [1.165, 1.54) is 11.8 Å². The molecular weight excluding hydrogens is 346 g/mol. The molecule has 0 spiro atoms. The van der Waals surface area contributed by atoms with Crippen LogP contribution in [0.5, 0.6) is 0 Å². The normalized spacial score (nSPS) is 11.8. The number of thioether (sulfide) groups is 1. The van der Waals surface area contributed by atoms with Crippen LogP contribution in [0.25, 0.3) is 0 Å². The lowest BCUT2D eigenvalue weighted by atomic mass is 10.2. The lowest BCUT2D eigenvalue weighted by molar-refractivity contribution is -0.115. The number of amides is 1. The predicted octanol–water partition coefficient (Wildman–Crippen LogP) is 3.84. The van der Waals surface area contributed by atoms with E-state index >= 15 is 0 Å². The molecule has 0 unspecified atom stereocenters. The number of hydrogen-bond donors (Lipinski definition) is 3. The number of hydrogen-bond acceptors (Lipinski definition) is 5. The van der Waals surface area contributed by atoms with E-state index in [0.717, 1.165) is 22.8 Å². The van der Waals surface area contributed by atoms with Crippen LogP contribution in [0.3, 0.4) is 0 Å². The molecular formula is C19H21N5OS. The van der Waals surface area contributed by atoms with Crippen molar-refractivity contribution in [3.8, 4) is 0 Å². The van der Waals surface area contributed by atoms with Gasteiger partial charge in [-0.1, -0.05) is 47.7 Å². The van der Waals surface area contributed by atoms with Gasteiger partial charge >= 0.3 is 0 Å². The molecule has 2 aromatic carbocycles. The first kappa shape index (κ1) is 18.0. The zero-order valence-electron chi connectivity index (χ0n) is 14.7. The maximum Gasteiger partial charge on any atom is 0.237 e. The fourth-order valence-corrected chi connectivity index (χ4v) is 2.99. The summed E-state index contributed by atoms with van der Waals surface area (Å²) in [5.74, 6) is 0.648. The van der Waals surface area contributed by atoms with Crippen LogP contribution in [0.2, 0.25) is 0 Å². The number of carbonyl (C=O) groups excluding carboxylic acids is 1. The summed E-state index contributed by atoms with van der Waals surface area (Å²) in [4.78, 5) is 16.7.